The highest BCUT2D eigenvalue weighted by atomic mass is 19.4. The third kappa shape index (κ3) is 4.61. The van der Waals surface area contributed by atoms with Gasteiger partial charge in [0.25, 0.3) is 0 Å². The first-order valence-electron chi connectivity index (χ1n) is 11.5. The zero-order chi connectivity index (χ0) is 27.3. The highest BCUT2D eigenvalue weighted by Gasteiger charge is 2.48. The summed E-state index contributed by atoms with van der Waals surface area (Å²) in [5.41, 5.74) is 13.0. The molecule has 0 saturated heterocycles. The fourth-order valence-corrected chi connectivity index (χ4v) is 4.45. The molecule has 3 aromatic rings. The van der Waals surface area contributed by atoms with Gasteiger partial charge >= 0.3 is 6.18 Å². The van der Waals surface area contributed by atoms with Gasteiger partial charge in [0.1, 0.15) is 11.7 Å². The summed E-state index contributed by atoms with van der Waals surface area (Å²) in [6.45, 7) is 3.97. The Morgan fingerprint density at radius 3 is 2.32 bits per heavy atom. The standard InChI is InChI=1S/C28H25F4N3O2/c1-14-15(11-24(36)19-8-7-17(12-23(19)29)27(2,3)28(30,31)32)5-4-6-18(14)16-9-20-22(13-35-25(20)33)21(10-16)26(34)37/h4-10,12H,11,13H2,1-3H3,(H2,33,35)(H2,34,37). The van der Waals surface area contributed by atoms with Crippen molar-refractivity contribution in [2.45, 2.75) is 45.3 Å². The number of nitrogens with zero attached hydrogens (tertiary/aromatic N) is 1. The van der Waals surface area contributed by atoms with E-state index in [9.17, 15) is 27.2 Å². The van der Waals surface area contributed by atoms with Crippen molar-refractivity contribution < 1.29 is 27.2 Å². The molecule has 3 aromatic carbocycles. The van der Waals surface area contributed by atoms with E-state index in [1.165, 1.54) is 0 Å². The van der Waals surface area contributed by atoms with Crippen LogP contribution < -0.4 is 11.5 Å². The van der Waals surface area contributed by atoms with Gasteiger partial charge < -0.3 is 11.5 Å². The maximum atomic E-state index is 14.8. The van der Waals surface area contributed by atoms with Crippen LogP contribution >= 0.6 is 0 Å². The fraction of sp³-hybridized carbons (Fsp3) is 0.250. The first-order chi connectivity index (χ1) is 17.2. The molecule has 4 N–H and O–H groups in total. The molecule has 0 fully saturated rings. The lowest BCUT2D eigenvalue weighted by Crippen LogP contribution is -2.36. The van der Waals surface area contributed by atoms with Crippen LogP contribution in [0.2, 0.25) is 0 Å². The molecular formula is C28H25F4N3O2. The summed E-state index contributed by atoms with van der Waals surface area (Å²) < 4.78 is 54.9. The summed E-state index contributed by atoms with van der Waals surface area (Å²) >= 11 is 0. The second-order valence-electron chi connectivity index (χ2n) is 9.62. The summed E-state index contributed by atoms with van der Waals surface area (Å²) in [6, 6.07) is 11.7. The number of carbonyl (C=O) groups is 2. The van der Waals surface area contributed by atoms with Crippen molar-refractivity contribution in [1.29, 1.82) is 0 Å². The molecule has 4 rings (SSSR count). The predicted molar refractivity (Wildman–Crippen MR) is 133 cm³/mol. The number of halogens is 4. The Morgan fingerprint density at radius 1 is 1.00 bits per heavy atom. The minimum atomic E-state index is -4.58. The minimum absolute atomic E-state index is 0.171. The van der Waals surface area contributed by atoms with E-state index in [1.807, 2.05) is 12.1 Å². The number of amides is 1. The number of fused-ring (bicyclic) bond motifs is 1. The zero-order valence-corrected chi connectivity index (χ0v) is 20.5. The highest BCUT2D eigenvalue weighted by Crippen LogP contribution is 2.41. The average molecular weight is 512 g/mol. The molecule has 0 saturated carbocycles. The molecule has 0 aromatic heterocycles. The second kappa shape index (κ2) is 9.14. The Kier molecular flexibility index (Phi) is 6.44. The smallest absolute Gasteiger partial charge is 0.383 e. The van der Waals surface area contributed by atoms with E-state index in [0.29, 0.717) is 33.7 Å². The van der Waals surface area contributed by atoms with Gasteiger partial charge in [-0.05, 0) is 78.4 Å². The Balaban J connectivity index is 1.67. The van der Waals surface area contributed by atoms with Gasteiger partial charge in [-0.25, -0.2) is 4.39 Å². The van der Waals surface area contributed by atoms with Gasteiger partial charge in [-0.2, -0.15) is 13.2 Å². The molecule has 0 spiro atoms. The Hall–Kier alpha value is -4.01. The molecule has 1 aliphatic heterocycles. The van der Waals surface area contributed by atoms with E-state index in [1.54, 1.807) is 25.1 Å². The minimum Gasteiger partial charge on any atom is -0.383 e. The molecule has 192 valence electrons. The van der Waals surface area contributed by atoms with Gasteiger partial charge in [0.05, 0.1) is 17.5 Å². The van der Waals surface area contributed by atoms with Crippen LogP contribution in [0.25, 0.3) is 11.1 Å². The van der Waals surface area contributed by atoms with Crippen molar-refractivity contribution in [1.82, 2.24) is 0 Å². The molecule has 0 atom stereocenters. The van der Waals surface area contributed by atoms with Crippen LogP contribution in [-0.4, -0.2) is 23.7 Å². The maximum absolute atomic E-state index is 14.8. The number of carbonyl (C=O) groups excluding carboxylic acids is 2. The van der Waals surface area contributed by atoms with Crippen LogP contribution in [0.1, 0.15) is 62.4 Å². The van der Waals surface area contributed by atoms with Gasteiger partial charge in [0.2, 0.25) is 5.91 Å². The van der Waals surface area contributed by atoms with Crippen molar-refractivity contribution in [2.24, 2.45) is 16.5 Å². The van der Waals surface area contributed by atoms with Crippen molar-refractivity contribution in [2.75, 3.05) is 0 Å². The van der Waals surface area contributed by atoms with Crippen LogP contribution in [0.15, 0.2) is 53.5 Å². The van der Waals surface area contributed by atoms with E-state index in [-0.39, 0.29) is 24.1 Å². The number of amidine groups is 1. The third-order valence-electron chi connectivity index (χ3n) is 7.01. The lowest BCUT2D eigenvalue weighted by molar-refractivity contribution is -0.180. The van der Waals surface area contributed by atoms with Gasteiger partial charge in [-0.3, -0.25) is 14.6 Å². The lowest BCUT2D eigenvalue weighted by atomic mass is 9.83. The van der Waals surface area contributed by atoms with Gasteiger partial charge in [-0.15, -0.1) is 0 Å². The van der Waals surface area contributed by atoms with Crippen LogP contribution in [-0.2, 0) is 18.4 Å². The quantitative estimate of drug-likeness (QED) is 0.343. The number of rotatable bonds is 6. The first-order valence-corrected chi connectivity index (χ1v) is 11.5. The summed E-state index contributed by atoms with van der Waals surface area (Å²) in [4.78, 5) is 29.2. The molecule has 1 heterocycles. The monoisotopic (exact) mass is 511 g/mol. The first kappa shape index (κ1) is 26.1. The molecule has 1 amide bonds. The number of aliphatic imine (C=N–C) groups is 1. The number of Topliss-reactive ketones (excluding diaryl/α,β-unsaturated/α-hetero) is 1. The molecule has 9 heteroatoms. The third-order valence-corrected chi connectivity index (χ3v) is 7.01. The van der Waals surface area contributed by atoms with Crippen LogP contribution in [0.3, 0.4) is 0 Å². The van der Waals surface area contributed by atoms with Crippen LogP contribution in [0.5, 0.6) is 0 Å². The molecule has 5 nitrogen and oxygen atoms in total. The molecule has 0 aliphatic carbocycles. The maximum Gasteiger partial charge on any atom is 0.397 e. The van der Waals surface area contributed by atoms with E-state index in [4.69, 9.17) is 11.5 Å². The summed E-state index contributed by atoms with van der Waals surface area (Å²) in [5.74, 6) is -1.89. The van der Waals surface area contributed by atoms with Crippen molar-refractivity contribution >= 4 is 17.5 Å². The van der Waals surface area contributed by atoms with E-state index < -0.39 is 29.1 Å². The van der Waals surface area contributed by atoms with Crippen molar-refractivity contribution in [3.63, 3.8) is 0 Å². The van der Waals surface area contributed by atoms with Gasteiger partial charge in [0.15, 0.2) is 5.78 Å². The van der Waals surface area contributed by atoms with Gasteiger partial charge in [-0.1, -0.05) is 24.3 Å². The molecular weight excluding hydrogens is 486 g/mol. The Bertz CT molecular complexity index is 1470. The normalized spacial score (nSPS) is 13.3. The summed E-state index contributed by atoms with van der Waals surface area (Å²) in [5, 5.41) is 0. The van der Waals surface area contributed by atoms with Crippen molar-refractivity contribution in [3.05, 3.63) is 93.3 Å². The number of hydrogen-bond acceptors (Lipinski definition) is 4. The topological polar surface area (TPSA) is 98.5 Å². The number of benzene rings is 3. The molecule has 37 heavy (non-hydrogen) atoms. The summed E-state index contributed by atoms with van der Waals surface area (Å²) in [6.07, 6.45) is -4.75. The van der Waals surface area contributed by atoms with E-state index in [2.05, 4.69) is 4.99 Å². The number of hydrogen-bond donors (Lipinski definition) is 2. The summed E-state index contributed by atoms with van der Waals surface area (Å²) in [7, 11) is 0. The van der Waals surface area contributed by atoms with Crippen LogP contribution in [0.4, 0.5) is 17.6 Å². The fourth-order valence-electron chi connectivity index (χ4n) is 4.45. The largest absolute Gasteiger partial charge is 0.397 e. The molecule has 0 unspecified atom stereocenters. The average Bonchev–Trinajstić information content (AvgIpc) is 3.19. The molecule has 0 bridgehead atoms. The predicted octanol–water partition coefficient (Wildman–Crippen LogP) is 5.38. The van der Waals surface area contributed by atoms with Crippen LogP contribution in [0, 0.1) is 12.7 Å². The molecule has 1 aliphatic rings. The van der Waals surface area contributed by atoms with Crippen molar-refractivity contribution in [3.8, 4) is 11.1 Å². The number of alkyl halides is 3. The number of ketones is 1. The van der Waals surface area contributed by atoms with E-state index in [0.717, 1.165) is 43.2 Å². The molecule has 0 radical (unpaired) electrons. The SMILES string of the molecule is Cc1c(CC(=O)c2ccc(C(C)(C)C(F)(F)F)cc2F)cccc1-c1cc(C(N)=O)c2c(c1)C(N)=NC2. The second-order valence-corrected chi connectivity index (χ2v) is 9.62. The van der Waals surface area contributed by atoms with Gasteiger partial charge in [0, 0.05) is 17.5 Å². The zero-order valence-electron chi connectivity index (χ0n) is 20.5. The van der Waals surface area contributed by atoms with E-state index >= 15 is 0 Å². The lowest BCUT2D eigenvalue weighted by Gasteiger charge is -2.28. The Labute approximate surface area is 211 Å². The Morgan fingerprint density at radius 2 is 1.70 bits per heavy atom. The number of nitrogens with two attached hydrogens (primary N) is 2. The highest BCUT2D eigenvalue weighted by molar-refractivity contribution is 6.07. The number of primary amides is 1.